The zero-order chi connectivity index (χ0) is 12.9. The molecule has 0 unspecified atom stereocenters. The van der Waals surface area contributed by atoms with Gasteiger partial charge in [-0.3, -0.25) is 0 Å². The molecule has 0 saturated carbocycles. The van der Waals surface area contributed by atoms with Crippen LogP contribution in [0.2, 0.25) is 0 Å². The summed E-state index contributed by atoms with van der Waals surface area (Å²) in [6, 6.07) is 4.22. The minimum absolute atomic E-state index is 0.0394. The maximum absolute atomic E-state index is 12.7. The summed E-state index contributed by atoms with van der Waals surface area (Å²) in [6.07, 6.45) is 0. The predicted octanol–water partition coefficient (Wildman–Crippen LogP) is 3.93. The van der Waals surface area contributed by atoms with Crippen molar-refractivity contribution >= 4 is 27.7 Å². The van der Waals surface area contributed by atoms with E-state index in [2.05, 4.69) is 21.2 Å². The standard InChI is InChI=1S/C10H10BrF4NS/c11-9-5-8(12)2-1-7(9)6-16-3-4-17-10(13,14)15/h1-2,5,16H,3-4,6H2. The highest BCUT2D eigenvalue weighted by Gasteiger charge is 2.27. The van der Waals surface area contributed by atoms with E-state index in [1.165, 1.54) is 12.1 Å². The molecular formula is C10H10BrF4NS. The van der Waals surface area contributed by atoms with Crippen LogP contribution in [0.5, 0.6) is 0 Å². The van der Waals surface area contributed by atoms with Gasteiger partial charge in [0.25, 0.3) is 0 Å². The van der Waals surface area contributed by atoms with E-state index in [0.29, 0.717) is 11.0 Å². The summed E-state index contributed by atoms with van der Waals surface area (Å²) in [5.74, 6) is -0.393. The van der Waals surface area contributed by atoms with E-state index in [9.17, 15) is 17.6 Å². The molecule has 0 aliphatic carbocycles. The molecule has 1 nitrogen and oxygen atoms in total. The van der Waals surface area contributed by atoms with Gasteiger partial charge >= 0.3 is 5.51 Å². The smallest absolute Gasteiger partial charge is 0.312 e. The lowest BCUT2D eigenvalue weighted by Gasteiger charge is -2.08. The minimum atomic E-state index is -4.18. The second-order valence-corrected chi connectivity index (χ2v) is 5.22. The molecule has 17 heavy (non-hydrogen) atoms. The highest BCUT2D eigenvalue weighted by Crippen LogP contribution is 2.29. The van der Waals surface area contributed by atoms with Gasteiger partial charge in [0.2, 0.25) is 0 Å². The Hall–Kier alpha value is -0.270. The van der Waals surface area contributed by atoms with E-state index in [0.717, 1.165) is 5.56 Å². The summed E-state index contributed by atoms with van der Waals surface area (Å²) in [4.78, 5) is 0. The van der Waals surface area contributed by atoms with Gasteiger partial charge in [-0.2, -0.15) is 13.2 Å². The van der Waals surface area contributed by atoms with E-state index in [1.54, 1.807) is 6.07 Å². The normalized spacial score (nSPS) is 11.8. The fourth-order valence-electron chi connectivity index (χ4n) is 1.13. The molecule has 1 aromatic carbocycles. The second-order valence-electron chi connectivity index (χ2n) is 3.21. The van der Waals surface area contributed by atoms with Crippen molar-refractivity contribution < 1.29 is 17.6 Å². The van der Waals surface area contributed by atoms with Gasteiger partial charge in [-0.05, 0) is 29.5 Å². The molecule has 0 spiro atoms. The van der Waals surface area contributed by atoms with Crippen LogP contribution >= 0.6 is 27.7 Å². The number of alkyl halides is 3. The van der Waals surface area contributed by atoms with Gasteiger partial charge in [0, 0.05) is 23.3 Å². The number of rotatable bonds is 5. The molecule has 1 aromatic rings. The van der Waals surface area contributed by atoms with Gasteiger partial charge in [-0.1, -0.05) is 22.0 Å². The topological polar surface area (TPSA) is 12.0 Å². The van der Waals surface area contributed by atoms with E-state index < -0.39 is 5.51 Å². The van der Waals surface area contributed by atoms with Crippen LogP contribution in [0, 0.1) is 5.82 Å². The Balaban J connectivity index is 2.27. The summed E-state index contributed by atoms with van der Waals surface area (Å²) in [5.41, 5.74) is -3.37. The zero-order valence-corrected chi connectivity index (χ0v) is 11.1. The number of hydrogen-bond donors (Lipinski definition) is 1. The summed E-state index contributed by atoms with van der Waals surface area (Å²) in [7, 11) is 0. The van der Waals surface area contributed by atoms with Crippen LogP contribution in [0.4, 0.5) is 17.6 Å². The quantitative estimate of drug-likeness (QED) is 0.648. The Kier molecular flexibility index (Phi) is 5.75. The monoisotopic (exact) mass is 331 g/mol. The van der Waals surface area contributed by atoms with Crippen LogP contribution in [0.15, 0.2) is 22.7 Å². The maximum Gasteiger partial charge on any atom is 0.441 e. The third kappa shape index (κ3) is 6.28. The van der Waals surface area contributed by atoms with Crippen LogP contribution in [-0.4, -0.2) is 17.8 Å². The van der Waals surface area contributed by atoms with Crippen LogP contribution in [0.3, 0.4) is 0 Å². The molecule has 0 aliphatic heterocycles. The van der Waals surface area contributed by atoms with Crippen molar-refractivity contribution in [2.75, 3.05) is 12.3 Å². The highest BCUT2D eigenvalue weighted by molar-refractivity contribution is 9.10. The first-order chi connectivity index (χ1) is 7.88. The van der Waals surface area contributed by atoms with Crippen molar-refractivity contribution in [3.05, 3.63) is 34.1 Å². The van der Waals surface area contributed by atoms with Gasteiger partial charge in [-0.25, -0.2) is 4.39 Å². The van der Waals surface area contributed by atoms with Crippen molar-refractivity contribution in [2.45, 2.75) is 12.1 Å². The lowest BCUT2D eigenvalue weighted by Crippen LogP contribution is -2.18. The number of thioether (sulfide) groups is 1. The first kappa shape index (κ1) is 14.8. The lowest BCUT2D eigenvalue weighted by atomic mass is 10.2. The third-order valence-electron chi connectivity index (χ3n) is 1.88. The largest absolute Gasteiger partial charge is 0.441 e. The van der Waals surface area contributed by atoms with Crippen molar-refractivity contribution in [1.29, 1.82) is 0 Å². The van der Waals surface area contributed by atoms with Gasteiger partial charge in [-0.15, -0.1) is 0 Å². The first-order valence-corrected chi connectivity index (χ1v) is 6.52. The van der Waals surface area contributed by atoms with Crippen LogP contribution in [-0.2, 0) is 6.54 Å². The average molecular weight is 332 g/mol. The molecule has 7 heteroatoms. The number of nitrogens with one attached hydrogen (secondary N) is 1. The van der Waals surface area contributed by atoms with Crippen LogP contribution < -0.4 is 5.32 Å². The molecule has 96 valence electrons. The predicted molar refractivity (Wildman–Crippen MR) is 64.3 cm³/mol. The molecule has 0 amide bonds. The number of benzene rings is 1. The molecular weight excluding hydrogens is 322 g/mol. The summed E-state index contributed by atoms with van der Waals surface area (Å²) in [5, 5.41) is 2.86. The van der Waals surface area contributed by atoms with Crippen molar-refractivity contribution in [1.82, 2.24) is 5.32 Å². The van der Waals surface area contributed by atoms with Gasteiger partial charge in [0.1, 0.15) is 5.82 Å². The molecule has 0 atom stereocenters. The van der Waals surface area contributed by atoms with E-state index >= 15 is 0 Å². The fourth-order valence-corrected chi connectivity index (χ4v) is 2.10. The lowest BCUT2D eigenvalue weighted by molar-refractivity contribution is -0.0327. The molecule has 0 saturated heterocycles. The Morgan fingerprint density at radius 1 is 1.29 bits per heavy atom. The number of halogens is 5. The van der Waals surface area contributed by atoms with E-state index in [-0.39, 0.29) is 29.9 Å². The fraction of sp³-hybridized carbons (Fsp3) is 0.400. The minimum Gasteiger partial charge on any atom is -0.312 e. The molecule has 1 rings (SSSR count). The van der Waals surface area contributed by atoms with Gasteiger partial charge in [0.15, 0.2) is 0 Å². The van der Waals surface area contributed by atoms with Gasteiger partial charge < -0.3 is 5.32 Å². The van der Waals surface area contributed by atoms with Crippen molar-refractivity contribution in [2.24, 2.45) is 0 Å². The van der Waals surface area contributed by atoms with Crippen LogP contribution in [0.1, 0.15) is 5.56 Å². The molecule has 0 aromatic heterocycles. The zero-order valence-electron chi connectivity index (χ0n) is 8.65. The molecule has 1 N–H and O–H groups in total. The Labute approximate surface area is 109 Å². The van der Waals surface area contributed by atoms with Crippen molar-refractivity contribution in [3.63, 3.8) is 0 Å². The third-order valence-corrected chi connectivity index (χ3v) is 3.35. The van der Waals surface area contributed by atoms with E-state index in [4.69, 9.17) is 0 Å². The number of hydrogen-bond acceptors (Lipinski definition) is 2. The molecule has 0 bridgehead atoms. The summed E-state index contributed by atoms with van der Waals surface area (Å²) < 4.78 is 48.7. The van der Waals surface area contributed by atoms with E-state index in [1.807, 2.05) is 0 Å². The average Bonchev–Trinajstić information content (AvgIpc) is 2.18. The molecule has 0 fully saturated rings. The Morgan fingerprint density at radius 3 is 2.59 bits per heavy atom. The first-order valence-electron chi connectivity index (χ1n) is 4.74. The Morgan fingerprint density at radius 2 is 2.00 bits per heavy atom. The highest BCUT2D eigenvalue weighted by atomic mass is 79.9. The summed E-state index contributed by atoms with van der Waals surface area (Å²) >= 11 is 3.12. The van der Waals surface area contributed by atoms with Crippen LogP contribution in [0.25, 0.3) is 0 Å². The van der Waals surface area contributed by atoms with Gasteiger partial charge in [0.05, 0.1) is 0 Å². The maximum atomic E-state index is 12.7. The second kappa shape index (κ2) is 6.61. The molecule has 0 radical (unpaired) electrons. The Bertz CT molecular complexity index is 370. The molecule has 0 aliphatic rings. The molecule has 0 heterocycles. The SMILES string of the molecule is Fc1ccc(CNCCSC(F)(F)F)c(Br)c1. The summed E-state index contributed by atoms with van der Waals surface area (Å²) in [6.45, 7) is 0.646. The van der Waals surface area contributed by atoms with Crippen molar-refractivity contribution in [3.8, 4) is 0 Å².